The lowest BCUT2D eigenvalue weighted by atomic mass is 10.2. The number of benzene rings is 2. The molecule has 4 amide bonds. The molecule has 0 radical (unpaired) electrons. The summed E-state index contributed by atoms with van der Waals surface area (Å²) in [7, 11) is 1.66. The molecule has 7 nitrogen and oxygen atoms in total. The lowest BCUT2D eigenvalue weighted by Gasteiger charge is -2.15. The highest BCUT2D eigenvalue weighted by molar-refractivity contribution is 6.30. The van der Waals surface area contributed by atoms with Crippen LogP contribution in [0.5, 0.6) is 0 Å². The molecule has 0 aliphatic rings. The average molecular weight is 375 g/mol. The Hall–Kier alpha value is -3.06. The maximum Gasteiger partial charge on any atom is 0.319 e. The van der Waals surface area contributed by atoms with Crippen molar-refractivity contribution in [3.63, 3.8) is 0 Å². The number of hydrogen-bond donors (Lipinski definition) is 3. The zero-order valence-electron chi connectivity index (χ0n) is 14.4. The highest BCUT2D eigenvalue weighted by Crippen LogP contribution is 2.17. The van der Waals surface area contributed by atoms with Crippen molar-refractivity contribution < 1.29 is 14.4 Å². The molecule has 136 valence electrons. The van der Waals surface area contributed by atoms with Crippen molar-refractivity contribution in [3.05, 3.63) is 53.6 Å². The molecule has 0 atom stereocenters. The highest BCUT2D eigenvalue weighted by atomic mass is 35.5. The van der Waals surface area contributed by atoms with Crippen LogP contribution < -0.4 is 20.9 Å². The molecule has 0 spiro atoms. The van der Waals surface area contributed by atoms with E-state index in [0.29, 0.717) is 22.1 Å². The average Bonchev–Trinajstić information content (AvgIpc) is 2.62. The lowest BCUT2D eigenvalue weighted by molar-refractivity contribution is -0.116. The van der Waals surface area contributed by atoms with Gasteiger partial charge in [0.2, 0.25) is 11.8 Å². The van der Waals surface area contributed by atoms with Crippen LogP contribution in [0, 0.1) is 0 Å². The summed E-state index contributed by atoms with van der Waals surface area (Å²) >= 11 is 5.77. The Morgan fingerprint density at radius 3 is 2.04 bits per heavy atom. The van der Waals surface area contributed by atoms with Crippen LogP contribution in [-0.4, -0.2) is 31.4 Å². The summed E-state index contributed by atoms with van der Waals surface area (Å²) in [5, 5.41) is 8.29. The van der Waals surface area contributed by atoms with E-state index in [1.807, 2.05) is 0 Å². The van der Waals surface area contributed by atoms with Crippen molar-refractivity contribution >= 4 is 46.5 Å². The zero-order chi connectivity index (χ0) is 19.1. The van der Waals surface area contributed by atoms with Gasteiger partial charge in [-0.05, 0) is 48.5 Å². The van der Waals surface area contributed by atoms with E-state index in [0.717, 1.165) is 0 Å². The van der Waals surface area contributed by atoms with E-state index < -0.39 is 6.03 Å². The van der Waals surface area contributed by atoms with Crippen molar-refractivity contribution in [2.24, 2.45) is 0 Å². The summed E-state index contributed by atoms with van der Waals surface area (Å²) in [6.07, 6.45) is 0. The van der Waals surface area contributed by atoms with E-state index in [1.165, 1.54) is 11.8 Å². The van der Waals surface area contributed by atoms with Crippen LogP contribution >= 0.6 is 11.6 Å². The van der Waals surface area contributed by atoms with Crippen LogP contribution in [0.2, 0.25) is 5.02 Å². The summed E-state index contributed by atoms with van der Waals surface area (Å²) in [5.74, 6) is -0.448. The Balaban J connectivity index is 1.80. The van der Waals surface area contributed by atoms with Crippen molar-refractivity contribution in [2.75, 3.05) is 29.1 Å². The molecule has 0 saturated carbocycles. The molecule has 0 bridgehead atoms. The van der Waals surface area contributed by atoms with E-state index in [1.54, 1.807) is 55.6 Å². The molecule has 0 unspecified atom stereocenters. The molecule has 0 fully saturated rings. The quantitative estimate of drug-likeness (QED) is 0.751. The van der Waals surface area contributed by atoms with Gasteiger partial charge in [-0.1, -0.05) is 11.6 Å². The first kappa shape index (κ1) is 19.3. The van der Waals surface area contributed by atoms with Gasteiger partial charge in [-0.25, -0.2) is 4.79 Å². The van der Waals surface area contributed by atoms with E-state index in [4.69, 9.17) is 11.6 Å². The Morgan fingerprint density at radius 1 is 0.923 bits per heavy atom. The number of urea groups is 1. The molecular weight excluding hydrogens is 356 g/mol. The van der Waals surface area contributed by atoms with Crippen molar-refractivity contribution in [3.8, 4) is 0 Å². The van der Waals surface area contributed by atoms with E-state index in [9.17, 15) is 14.4 Å². The van der Waals surface area contributed by atoms with Gasteiger partial charge in [0, 0.05) is 36.1 Å². The summed E-state index contributed by atoms with van der Waals surface area (Å²) < 4.78 is 0. The van der Waals surface area contributed by atoms with E-state index in [2.05, 4.69) is 16.0 Å². The Morgan fingerprint density at radius 2 is 1.46 bits per heavy atom. The van der Waals surface area contributed by atoms with Crippen LogP contribution in [0.25, 0.3) is 0 Å². The topological polar surface area (TPSA) is 90.5 Å². The molecule has 0 aromatic heterocycles. The van der Waals surface area contributed by atoms with Gasteiger partial charge in [0.25, 0.3) is 0 Å². The molecule has 0 aliphatic heterocycles. The number of nitrogens with one attached hydrogen (secondary N) is 3. The van der Waals surface area contributed by atoms with Crippen LogP contribution in [-0.2, 0) is 9.59 Å². The molecule has 0 saturated heterocycles. The minimum Gasteiger partial charge on any atom is -0.329 e. The fraction of sp³-hybridized carbons (Fsp3) is 0.167. The van der Waals surface area contributed by atoms with E-state index >= 15 is 0 Å². The first-order chi connectivity index (χ1) is 12.3. The zero-order valence-corrected chi connectivity index (χ0v) is 15.1. The fourth-order valence-electron chi connectivity index (χ4n) is 2.02. The first-order valence-corrected chi connectivity index (χ1v) is 8.17. The summed E-state index contributed by atoms with van der Waals surface area (Å²) in [6, 6.07) is 12.9. The van der Waals surface area contributed by atoms with Gasteiger partial charge in [-0.3, -0.25) is 9.59 Å². The van der Waals surface area contributed by atoms with Crippen molar-refractivity contribution in [2.45, 2.75) is 6.92 Å². The van der Waals surface area contributed by atoms with Crippen LogP contribution in [0.15, 0.2) is 48.5 Å². The monoisotopic (exact) mass is 374 g/mol. The van der Waals surface area contributed by atoms with Crippen molar-refractivity contribution in [1.82, 2.24) is 5.32 Å². The van der Waals surface area contributed by atoms with Gasteiger partial charge < -0.3 is 20.9 Å². The molecule has 2 aromatic carbocycles. The largest absolute Gasteiger partial charge is 0.329 e. The number of carbonyl (C=O) groups is 3. The second-order valence-electron chi connectivity index (χ2n) is 5.49. The predicted octanol–water partition coefficient (Wildman–Crippen LogP) is 3.08. The maximum absolute atomic E-state index is 11.9. The van der Waals surface area contributed by atoms with Crippen LogP contribution in [0.1, 0.15) is 6.92 Å². The fourth-order valence-corrected chi connectivity index (χ4v) is 2.15. The normalized spacial score (nSPS) is 9.96. The molecule has 2 rings (SSSR count). The number of carbonyl (C=O) groups excluding carboxylic acids is 3. The third-order valence-corrected chi connectivity index (χ3v) is 3.77. The lowest BCUT2D eigenvalue weighted by Crippen LogP contribution is -2.35. The number of hydrogen-bond acceptors (Lipinski definition) is 3. The summed E-state index contributed by atoms with van der Waals surface area (Å²) in [4.78, 5) is 36.5. The Kier molecular flexibility index (Phi) is 6.57. The van der Waals surface area contributed by atoms with E-state index in [-0.39, 0.29) is 18.4 Å². The number of amides is 4. The molecule has 0 aliphatic carbocycles. The third kappa shape index (κ3) is 5.78. The number of anilines is 3. The first-order valence-electron chi connectivity index (χ1n) is 7.80. The predicted molar refractivity (Wildman–Crippen MR) is 103 cm³/mol. The summed E-state index contributed by atoms with van der Waals surface area (Å²) in [5.41, 5.74) is 1.85. The van der Waals surface area contributed by atoms with Gasteiger partial charge in [0.1, 0.15) is 0 Å². The Labute approximate surface area is 156 Å². The number of rotatable bonds is 5. The van der Waals surface area contributed by atoms with Gasteiger partial charge >= 0.3 is 6.03 Å². The molecule has 0 heterocycles. The number of nitrogens with zero attached hydrogens (tertiary/aromatic N) is 1. The molecule has 2 aromatic rings. The number of halogens is 1. The third-order valence-electron chi connectivity index (χ3n) is 3.52. The molecule has 26 heavy (non-hydrogen) atoms. The molecule has 3 N–H and O–H groups in total. The summed E-state index contributed by atoms with van der Waals surface area (Å²) in [6.45, 7) is 1.29. The van der Waals surface area contributed by atoms with Crippen LogP contribution in [0.3, 0.4) is 0 Å². The van der Waals surface area contributed by atoms with Gasteiger partial charge in [0.15, 0.2) is 0 Å². The Bertz CT molecular complexity index is 791. The van der Waals surface area contributed by atoms with Crippen molar-refractivity contribution in [1.29, 1.82) is 0 Å². The van der Waals surface area contributed by atoms with Gasteiger partial charge in [-0.2, -0.15) is 0 Å². The SMILES string of the molecule is CC(=O)N(C)c1ccc(NC(=O)NCC(=O)Nc2ccc(Cl)cc2)cc1. The second kappa shape index (κ2) is 8.87. The minimum atomic E-state index is -0.510. The molecule has 8 heteroatoms. The smallest absolute Gasteiger partial charge is 0.319 e. The van der Waals surface area contributed by atoms with Gasteiger partial charge in [-0.15, -0.1) is 0 Å². The maximum atomic E-state index is 11.9. The van der Waals surface area contributed by atoms with Crippen LogP contribution in [0.4, 0.5) is 21.9 Å². The molecular formula is C18H19ClN4O3. The standard InChI is InChI=1S/C18H19ClN4O3/c1-12(24)23(2)16-9-7-15(8-10-16)22-18(26)20-11-17(25)21-14-5-3-13(19)4-6-14/h3-10H,11H2,1-2H3,(H,21,25)(H2,20,22,26). The second-order valence-corrected chi connectivity index (χ2v) is 5.92. The minimum absolute atomic E-state index is 0.0878. The van der Waals surface area contributed by atoms with Gasteiger partial charge in [0.05, 0.1) is 6.54 Å². The highest BCUT2D eigenvalue weighted by Gasteiger charge is 2.08.